The van der Waals surface area contributed by atoms with Gasteiger partial charge in [-0.1, -0.05) is 70.2 Å². The van der Waals surface area contributed by atoms with E-state index in [0.29, 0.717) is 58.3 Å². The summed E-state index contributed by atoms with van der Waals surface area (Å²) in [5.41, 5.74) is 5.79. The van der Waals surface area contributed by atoms with Crippen LogP contribution in [0.4, 0.5) is 0 Å². The summed E-state index contributed by atoms with van der Waals surface area (Å²) in [6.45, 7) is 31.4. The van der Waals surface area contributed by atoms with E-state index in [4.69, 9.17) is 0 Å². The molecule has 0 atom stereocenters. The fraction of sp³-hybridized carbons (Fsp3) is 0.471. The molecule has 5 aromatic rings. The van der Waals surface area contributed by atoms with Gasteiger partial charge in [-0.15, -0.1) is 0 Å². The van der Waals surface area contributed by atoms with Gasteiger partial charge in [0.05, 0.1) is 0 Å². The molecule has 1 fully saturated rings. The second-order valence-electron chi connectivity index (χ2n) is 23.9. The number of hydrogen-bond donors (Lipinski definition) is 6. The topological polar surface area (TPSA) is 209 Å². The molecule has 1 saturated carbocycles. The van der Waals surface area contributed by atoms with Crippen LogP contribution in [-0.2, 0) is 9.59 Å². The first kappa shape index (κ1) is 68.8. The fourth-order valence-corrected chi connectivity index (χ4v) is 8.83. The van der Waals surface area contributed by atoms with Crippen LogP contribution in [0, 0.1) is 23.7 Å². The number of amides is 6. The van der Waals surface area contributed by atoms with Crippen molar-refractivity contribution < 1.29 is 38.4 Å². The Morgan fingerprint density at radius 3 is 0.915 bits per heavy atom. The van der Waals surface area contributed by atoms with E-state index in [1.807, 2.05) is 176 Å². The summed E-state index contributed by atoms with van der Waals surface area (Å²) in [5.74, 6) is 1.38. The number of carbonyl (C=O) groups excluding carboxylic acids is 8. The first-order valence-corrected chi connectivity index (χ1v) is 29.3. The average Bonchev–Trinajstić information content (AvgIpc) is 3.42. The molecule has 82 heavy (non-hydrogen) atoms. The maximum atomic E-state index is 12.1. The van der Waals surface area contributed by atoms with Crippen molar-refractivity contribution in [3.8, 4) is 11.1 Å². The molecule has 0 radical (unpaired) electrons. The van der Waals surface area contributed by atoms with Gasteiger partial charge < -0.3 is 31.9 Å². The van der Waals surface area contributed by atoms with Crippen molar-refractivity contribution in [2.45, 2.75) is 186 Å². The van der Waals surface area contributed by atoms with Gasteiger partial charge in [0.1, 0.15) is 5.78 Å². The smallest absolute Gasteiger partial charge is 0.251 e. The van der Waals surface area contributed by atoms with Gasteiger partial charge in [0.2, 0.25) is 5.91 Å². The molecule has 1 aliphatic carbocycles. The van der Waals surface area contributed by atoms with Crippen molar-refractivity contribution in [1.29, 1.82) is 0 Å². The van der Waals surface area contributed by atoms with E-state index in [1.54, 1.807) is 30.3 Å². The van der Waals surface area contributed by atoms with Crippen LogP contribution in [0.25, 0.3) is 21.9 Å². The molecule has 0 saturated heterocycles. The third-order valence-corrected chi connectivity index (χ3v) is 12.7. The van der Waals surface area contributed by atoms with Gasteiger partial charge in [0.25, 0.3) is 29.5 Å². The number of ketones is 2. The minimum atomic E-state index is -0.124. The van der Waals surface area contributed by atoms with Gasteiger partial charge in [-0.3, -0.25) is 38.4 Å². The molecule has 0 bridgehead atoms. The van der Waals surface area contributed by atoms with Crippen LogP contribution in [0.3, 0.4) is 0 Å². The molecule has 0 spiro atoms. The summed E-state index contributed by atoms with van der Waals surface area (Å²) in [6.07, 6.45) is 4.76. The van der Waals surface area contributed by atoms with Crippen molar-refractivity contribution in [2.75, 3.05) is 0 Å². The summed E-state index contributed by atoms with van der Waals surface area (Å²) >= 11 is 0. The fourth-order valence-electron chi connectivity index (χ4n) is 8.83. The Balaban J connectivity index is 0.000000289. The van der Waals surface area contributed by atoms with E-state index < -0.39 is 0 Å². The van der Waals surface area contributed by atoms with Gasteiger partial charge >= 0.3 is 0 Å². The lowest BCUT2D eigenvalue weighted by Crippen LogP contribution is -2.38. The monoisotopic (exact) mass is 1120 g/mol. The highest BCUT2D eigenvalue weighted by Crippen LogP contribution is 2.31. The van der Waals surface area contributed by atoms with Gasteiger partial charge in [-0.2, -0.15) is 0 Å². The summed E-state index contributed by atoms with van der Waals surface area (Å²) in [7, 11) is 0. The summed E-state index contributed by atoms with van der Waals surface area (Å²) in [4.78, 5) is 95.3. The maximum Gasteiger partial charge on any atom is 0.251 e. The van der Waals surface area contributed by atoms with E-state index in [2.05, 4.69) is 45.7 Å². The van der Waals surface area contributed by atoms with Crippen molar-refractivity contribution >= 4 is 57.8 Å². The SMILES string of the molecule is CC(C)CC(=O)C1CCC(C(=O)NC(C)C)CC1.CC(C)CC(=O)c1ccc2cc(C(=O)NC(C)C)ccc2c1.CC(C)NC(=O)c1ccc(-c2ccc(C(=O)NC(C)C)cc2)cc1.CC(C)NC(=O)c1ccc(C(=O)NC(C)C)cc1. The van der Waals surface area contributed by atoms with E-state index in [1.165, 1.54) is 0 Å². The average molecular weight is 1120 g/mol. The van der Waals surface area contributed by atoms with Gasteiger partial charge in [0, 0.05) is 94.3 Å². The molecule has 0 aromatic heterocycles. The minimum Gasteiger partial charge on any atom is -0.354 e. The highest BCUT2D eigenvalue weighted by molar-refractivity contribution is 6.03. The first-order valence-electron chi connectivity index (χ1n) is 29.3. The Labute approximate surface area is 488 Å². The Kier molecular flexibility index (Phi) is 28.6. The lowest BCUT2D eigenvalue weighted by atomic mass is 9.78. The standard InChI is InChI=1S/C20H24N2O2.C19H23NO2.C15H27NO2.C14H20N2O2/c1-13(2)21-19(23)17-9-5-15(6-10-17)16-7-11-18(12-8-16)20(24)22-14(3)4;1-12(2)9-18(21)16-7-5-15-11-17(8-6-14(15)10-16)19(22)20-13(3)4;1-10(2)9-14(17)12-5-7-13(8-6-12)15(18)16-11(3)4;1-9(2)15-13(17)11-5-7-12(8-6-11)14(18)16-10(3)4/h5-14H,1-4H3,(H,21,23)(H,22,24);5-8,10-13H,9H2,1-4H3,(H,20,22);10-13H,5-9H2,1-4H3,(H,16,18);5-10H,1-4H3,(H,15,17)(H,16,18). The lowest BCUT2D eigenvalue weighted by molar-refractivity contribution is -0.130. The number of benzene rings is 5. The quantitative estimate of drug-likeness (QED) is 0.0437. The zero-order valence-corrected chi connectivity index (χ0v) is 51.7. The molecule has 5 aromatic carbocycles. The van der Waals surface area contributed by atoms with Crippen LogP contribution >= 0.6 is 0 Å². The molecule has 6 N–H and O–H groups in total. The maximum absolute atomic E-state index is 12.1. The second-order valence-corrected chi connectivity index (χ2v) is 23.9. The van der Waals surface area contributed by atoms with Gasteiger partial charge in [0.15, 0.2) is 5.78 Å². The number of rotatable bonds is 19. The van der Waals surface area contributed by atoms with E-state index in [0.717, 1.165) is 53.1 Å². The Bertz CT molecular complexity index is 2680. The number of hydrogen-bond acceptors (Lipinski definition) is 8. The summed E-state index contributed by atoms with van der Waals surface area (Å²) < 4.78 is 0. The van der Waals surface area contributed by atoms with Crippen molar-refractivity contribution in [3.63, 3.8) is 0 Å². The normalized spacial score (nSPS) is 13.8. The van der Waals surface area contributed by atoms with E-state index >= 15 is 0 Å². The third kappa shape index (κ3) is 24.7. The molecule has 0 heterocycles. The van der Waals surface area contributed by atoms with E-state index in [-0.39, 0.29) is 89.3 Å². The van der Waals surface area contributed by atoms with Crippen molar-refractivity contribution in [3.05, 3.63) is 143 Å². The minimum absolute atomic E-state index is 0.0720. The highest BCUT2D eigenvalue weighted by atomic mass is 16.2. The highest BCUT2D eigenvalue weighted by Gasteiger charge is 2.30. The van der Waals surface area contributed by atoms with Gasteiger partial charge in [-0.25, -0.2) is 0 Å². The van der Waals surface area contributed by atoms with E-state index in [9.17, 15) is 38.4 Å². The molecular weight excluding hydrogens is 1030 g/mol. The number of fused-ring (bicyclic) bond motifs is 1. The zero-order chi connectivity index (χ0) is 61.4. The molecule has 6 rings (SSSR count). The lowest BCUT2D eigenvalue weighted by Gasteiger charge is -2.27. The van der Waals surface area contributed by atoms with Crippen LogP contribution in [0.15, 0.2) is 109 Å². The van der Waals surface area contributed by atoms with Crippen molar-refractivity contribution in [2.24, 2.45) is 23.7 Å². The molecular formula is C68H94N6O8. The van der Waals surface area contributed by atoms with Gasteiger partial charge in [-0.05, 0) is 209 Å². The van der Waals surface area contributed by atoms with Crippen molar-refractivity contribution in [1.82, 2.24) is 31.9 Å². The first-order chi connectivity index (χ1) is 38.5. The summed E-state index contributed by atoms with van der Waals surface area (Å²) in [5, 5.41) is 19.1. The van der Waals surface area contributed by atoms with Crippen LogP contribution in [-0.4, -0.2) is 83.3 Å². The molecule has 14 nitrogen and oxygen atoms in total. The molecule has 6 amide bonds. The zero-order valence-electron chi connectivity index (χ0n) is 51.7. The van der Waals surface area contributed by atoms with Crippen LogP contribution < -0.4 is 31.9 Å². The number of nitrogens with one attached hydrogen (secondary N) is 6. The largest absolute Gasteiger partial charge is 0.354 e. The molecule has 14 heteroatoms. The molecule has 444 valence electrons. The number of Topliss-reactive ketones (excluding diaryl/α,β-unsaturated/α-hetero) is 2. The van der Waals surface area contributed by atoms with Crippen LogP contribution in [0.2, 0.25) is 0 Å². The molecule has 0 aliphatic heterocycles. The predicted molar refractivity (Wildman–Crippen MR) is 332 cm³/mol. The molecule has 1 aliphatic rings. The van der Waals surface area contributed by atoms with Crippen LogP contribution in [0.5, 0.6) is 0 Å². The molecule has 0 unspecified atom stereocenters. The summed E-state index contributed by atoms with van der Waals surface area (Å²) in [6, 6.07) is 33.5. The predicted octanol–water partition coefficient (Wildman–Crippen LogP) is 12.7. The number of carbonyl (C=O) groups is 8. The van der Waals surface area contributed by atoms with Crippen LogP contribution in [0.1, 0.15) is 211 Å². The second kappa shape index (κ2) is 34.1. The Morgan fingerprint density at radius 1 is 0.329 bits per heavy atom. The third-order valence-electron chi connectivity index (χ3n) is 12.7. The Hall–Kier alpha value is -7.48. The Morgan fingerprint density at radius 2 is 0.598 bits per heavy atom.